The minimum Gasteiger partial charge on any atom is -0.403 e. The maximum atomic E-state index is 12.6. The van der Waals surface area contributed by atoms with Crippen LogP contribution in [0.1, 0.15) is 18.4 Å². The van der Waals surface area contributed by atoms with Gasteiger partial charge in [-0.3, -0.25) is 4.79 Å². The summed E-state index contributed by atoms with van der Waals surface area (Å²) in [5.41, 5.74) is 3.16. The molecule has 0 saturated carbocycles. The molecule has 7 heteroatoms. The second kappa shape index (κ2) is 8.98. The Morgan fingerprint density at radius 2 is 1.77 bits per heavy atom. The first-order valence-electron chi connectivity index (χ1n) is 10.3. The van der Waals surface area contributed by atoms with Crippen molar-refractivity contribution in [1.29, 1.82) is 0 Å². The lowest BCUT2D eigenvalue weighted by atomic mass is 9.96. The average molecular weight is 406 g/mol. The van der Waals surface area contributed by atoms with E-state index < -0.39 is 0 Å². The zero-order chi connectivity index (χ0) is 20.9. The summed E-state index contributed by atoms with van der Waals surface area (Å²) in [6.45, 7) is 2.01. The molecule has 0 atom stereocenters. The molecule has 0 radical (unpaired) electrons. The Labute approximate surface area is 176 Å². The van der Waals surface area contributed by atoms with Gasteiger partial charge >= 0.3 is 6.01 Å². The number of benzene rings is 2. The molecule has 1 saturated heterocycles. The molecular formula is C23H27N5O2. The van der Waals surface area contributed by atoms with E-state index in [0.29, 0.717) is 18.5 Å². The molecule has 1 amide bonds. The van der Waals surface area contributed by atoms with E-state index in [2.05, 4.69) is 49.6 Å². The highest BCUT2D eigenvalue weighted by Gasteiger charge is 2.27. The highest BCUT2D eigenvalue weighted by molar-refractivity contribution is 5.79. The van der Waals surface area contributed by atoms with Crippen LogP contribution < -0.4 is 15.1 Å². The fraction of sp³-hybridized carbons (Fsp3) is 0.348. The summed E-state index contributed by atoms with van der Waals surface area (Å²) < 4.78 is 5.84. The van der Waals surface area contributed by atoms with Crippen molar-refractivity contribution in [2.24, 2.45) is 5.92 Å². The molecule has 1 aliphatic rings. The predicted octanol–water partition coefficient (Wildman–Crippen LogP) is 3.34. The Kier molecular flexibility index (Phi) is 5.97. The quantitative estimate of drug-likeness (QED) is 0.678. The zero-order valence-corrected chi connectivity index (χ0v) is 17.4. The summed E-state index contributed by atoms with van der Waals surface area (Å²) >= 11 is 0. The molecule has 1 fully saturated rings. The van der Waals surface area contributed by atoms with Crippen LogP contribution in [0.2, 0.25) is 0 Å². The molecular weight excluding hydrogens is 378 g/mol. The number of nitrogens with zero attached hydrogens (tertiary/aromatic N) is 4. The fourth-order valence-electron chi connectivity index (χ4n) is 3.62. The van der Waals surface area contributed by atoms with Crippen LogP contribution in [0.15, 0.2) is 59.0 Å². The third-order valence-electron chi connectivity index (χ3n) is 5.49. The number of hydrogen-bond donors (Lipinski definition) is 1. The van der Waals surface area contributed by atoms with Crippen LogP contribution in [0.5, 0.6) is 0 Å². The minimum atomic E-state index is 0.0128. The molecule has 1 aromatic heterocycles. The first-order valence-corrected chi connectivity index (χ1v) is 10.3. The number of carbonyl (C=O) groups is 1. The van der Waals surface area contributed by atoms with Crippen molar-refractivity contribution < 1.29 is 9.21 Å². The van der Waals surface area contributed by atoms with Gasteiger partial charge in [-0.1, -0.05) is 35.4 Å². The molecule has 0 bridgehead atoms. The summed E-state index contributed by atoms with van der Waals surface area (Å²) in [4.78, 5) is 16.7. The summed E-state index contributed by atoms with van der Waals surface area (Å²) in [5, 5.41) is 11.4. The van der Waals surface area contributed by atoms with Crippen molar-refractivity contribution >= 4 is 17.6 Å². The molecule has 0 aliphatic carbocycles. The summed E-state index contributed by atoms with van der Waals surface area (Å²) in [6.07, 6.45) is 1.54. The number of rotatable bonds is 6. The third-order valence-corrected chi connectivity index (χ3v) is 5.49. The molecule has 3 aromatic rings. The van der Waals surface area contributed by atoms with E-state index >= 15 is 0 Å². The molecule has 1 N–H and O–H groups in total. The van der Waals surface area contributed by atoms with Crippen LogP contribution in [-0.4, -0.2) is 43.3 Å². The lowest BCUT2D eigenvalue weighted by Crippen LogP contribution is -2.40. The SMILES string of the molecule is CN(C)c1ccc(CNC(=O)C2CCN(c3nnc(-c4ccccc4)o3)CC2)cc1. The highest BCUT2D eigenvalue weighted by Crippen LogP contribution is 2.26. The van der Waals surface area contributed by atoms with Crippen molar-refractivity contribution in [1.82, 2.24) is 15.5 Å². The number of aromatic nitrogens is 2. The van der Waals surface area contributed by atoms with Crippen molar-refractivity contribution in [3.63, 3.8) is 0 Å². The highest BCUT2D eigenvalue weighted by atomic mass is 16.4. The number of amides is 1. The summed E-state index contributed by atoms with van der Waals surface area (Å²) in [5.74, 6) is 0.645. The molecule has 1 aliphatic heterocycles. The second-order valence-electron chi connectivity index (χ2n) is 7.80. The van der Waals surface area contributed by atoms with Gasteiger partial charge in [0.1, 0.15) is 0 Å². The number of nitrogens with one attached hydrogen (secondary N) is 1. The van der Waals surface area contributed by atoms with Crippen molar-refractivity contribution in [3.8, 4) is 11.5 Å². The van der Waals surface area contributed by atoms with Crippen LogP contribution in [0.4, 0.5) is 11.7 Å². The predicted molar refractivity (Wildman–Crippen MR) is 117 cm³/mol. The van der Waals surface area contributed by atoms with Crippen LogP contribution >= 0.6 is 0 Å². The van der Waals surface area contributed by atoms with Crippen LogP contribution in [0.3, 0.4) is 0 Å². The number of piperidine rings is 1. The third kappa shape index (κ3) is 4.62. The first kappa shape index (κ1) is 19.9. The van der Waals surface area contributed by atoms with Gasteiger partial charge in [0.25, 0.3) is 0 Å². The minimum absolute atomic E-state index is 0.0128. The fourth-order valence-corrected chi connectivity index (χ4v) is 3.62. The zero-order valence-electron chi connectivity index (χ0n) is 17.4. The number of carbonyl (C=O) groups excluding carboxylic acids is 1. The lowest BCUT2D eigenvalue weighted by Gasteiger charge is -2.29. The molecule has 30 heavy (non-hydrogen) atoms. The molecule has 0 spiro atoms. The van der Waals surface area contributed by atoms with Gasteiger partial charge < -0.3 is 19.5 Å². The largest absolute Gasteiger partial charge is 0.403 e. The van der Waals surface area contributed by atoms with E-state index in [-0.39, 0.29) is 11.8 Å². The maximum absolute atomic E-state index is 12.6. The van der Waals surface area contributed by atoms with Gasteiger partial charge in [0, 0.05) is 50.9 Å². The standard InChI is InChI=1S/C23H27N5O2/c1-27(2)20-10-8-17(9-11-20)16-24-21(29)18-12-14-28(15-13-18)23-26-25-22(30-23)19-6-4-3-5-7-19/h3-11,18H,12-16H2,1-2H3,(H,24,29). The van der Waals surface area contributed by atoms with Crippen molar-refractivity contribution in [2.75, 3.05) is 37.0 Å². The van der Waals surface area contributed by atoms with E-state index in [1.807, 2.05) is 44.4 Å². The monoisotopic (exact) mass is 405 g/mol. The van der Waals surface area contributed by atoms with Crippen LogP contribution in [0.25, 0.3) is 11.5 Å². The smallest absolute Gasteiger partial charge is 0.318 e. The van der Waals surface area contributed by atoms with E-state index in [1.165, 1.54) is 0 Å². The Morgan fingerprint density at radius 3 is 2.43 bits per heavy atom. The van der Waals surface area contributed by atoms with Crippen molar-refractivity contribution in [3.05, 3.63) is 60.2 Å². The summed E-state index contributed by atoms with van der Waals surface area (Å²) in [7, 11) is 4.03. The molecule has 2 aromatic carbocycles. The molecule has 7 nitrogen and oxygen atoms in total. The molecule has 4 rings (SSSR count). The Bertz CT molecular complexity index is 961. The van der Waals surface area contributed by atoms with Crippen molar-refractivity contribution in [2.45, 2.75) is 19.4 Å². The van der Waals surface area contributed by atoms with E-state index in [1.54, 1.807) is 0 Å². The lowest BCUT2D eigenvalue weighted by molar-refractivity contribution is -0.125. The van der Waals surface area contributed by atoms with E-state index in [9.17, 15) is 4.79 Å². The molecule has 2 heterocycles. The maximum Gasteiger partial charge on any atom is 0.318 e. The Balaban J connectivity index is 1.27. The Hall–Kier alpha value is -3.35. The van der Waals surface area contributed by atoms with Crippen LogP contribution in [-0.2, 0) is 11.3 Å². The van der Waals surface area contributed by atoms with Gasteiger partial charge in [0.2, 0.25) is 11.8 Å². The Morgan fingerprint density at radius 1 is 1.07 bits per heavy atom. The van der Waals surface area contributed by atoms with Gasteiger partial charge in [-0.2, -0.15) is 0 Å². The normalized spacial score (nSPS) is 14.5. The summed E-state index contributed by atoms with van der Waals surface area (Å²) in [6, 6.07) is 18.5. The molecule has 0 unspecified atom stereocenters. The van der Waals surface area contributed by atoms with E-state index in [0.717, 1.165) is 42.7 Å². The van der Waals surface area contributed by atoms with Gasteiger partial charge in [-0.25, -0.2) is 0 Å². The number of hydrogen-bond acceptors (Lipinski definition) is 6. The van der Waals surface area contributed by atoms with Crippen LogP contribution in [0, 0.1) is 5.92 Å². The average Bonchev–Trinajstić information content (AvgIpc) is 3.29. The van der Waals surface area contributed by atoms with Gasteiger partial charge in [-0.05, 0) is 42.7 Å². The molecule has 156 valence electrons. The van der Waals surface area contributed by atoms with E-state index in [4.69, 9.17) is 4.42 Å². The van der Waals surface area contributed by atoms with Gasteiger partial charge in [0.15, 0.2) is 0 Å². The first-order chi connectivity index (χ1) is 14.6. The van der Waals surface area contributed by atoms with Gasteiger partial charge in [-0.15, -0.1) is 5.10 Å². The second-order valence-corrected chi connectivity index (χ2v) is 7.80. The number of anilines is 2. The topological polar surface area (TPSA) is 74.5 Å². The van der Waals surface area contributed by atoms with Gasteiger partial charge in [0.05, 0.1) is 0 Å².